The number of benzene rings is 7. The van der Waals surface area contributed by atoms with Gasteiger partial charge >= 0.3 is 0 Å². The van der Waals surface area contributed by atoms with Crippen molar-refractivity contribution >= 4 is 11.0 Å². The molecule has 5 heteroatoms. The molecule has 0 unspecified atom stereocenters. The molecule has 1 N–H and O–H groups in total. The van der Waals surface area contributed by atoms with Crippen molar-refractivity contribution in [2.45, 2.75) is 111 Å². The van der Waals surface area contributed by atoms with E-state index in [1.807, 2.05) is 18.3 Å². The van der Waals surface area contributed by atoms with Crippen molar-refractivity contribution in [1.82, 2.24) is 14.5 Å². The van der Waals surface area contributed by atoms with Crippen LogP contribution in [0.1, 0.15) is 128 Å². The molecule has 0 amide bonds. The monoisotopic (exact) mass is 1100 g/mol. The molecule has 9 aromatic rings. The fourth-order valence-corrected chi connectivity index (χ4v) is 9.81. The number of nitrogens with zero attached hydrogens (tertiary/aromatic N) is 3. The van der Waals surface area contributed by atoms with E-state index in [0.717, 1.165) is 55.8 Å². The van der Waals surface area contributed by atoms with Crippen LogP contribution in [-0.2, 0) is 37.3 Å². The van der Waals surface area contributed by atoms with E-state index in [1.165, 1.54) is 38.9 Å². The van der Waals surface area contributed by atoms with Gasteiger partial charge in [0.25, 0.3) is 0 Å². The topological polar surface area (TPSA) is 50.9 Å². The standard InChI is InChI=1S/C65H66N3O.Pt/c1-41(2)54-38-46(43-21-15-13-16-22-43)39-55(42(3)4)60(54)68-58-28-20-25-52(59(58)67-62(68)53-26-19-27-56(61(53)69)64(8,9)10)47-35-48(37-51(36-47)63(5,6)7)57-40-45(33-34-66-57)44-29-31-50(32-30-44)65(11,12)49-23-17-14-18-24-49;/h13-34,36-42,69H,1-12H3;/q-1;. The van der Waals surface area contributed by atoms with Crippen molar-refractivity contribution in [3.8, 4) is 67.5 Å². The maximum Gasteiger partial charge on any atom is 0.148 e. The number of fused-ring (bicyclic) bond motifs is 1. The van der Waals surface area contributed by atoms with Crippen LogP contribution in [0, 0.1) is 6.07 Å². The summed E-state index contributed by atoms with van der Waals surface area (Å²) in [6.45, 7) is 26.9. The van der Waals surface area contributed by atoms with Gasteiger partial charge in [-0.25, -0.2) is 4.98 Å². The zero-order valence-electron chi connectivity index (χ0n) is 42.8. The first-order valence-corrected chi connectivity index (χ1v) is 24.6. The summed E-state index contributed by atoms with van der Waals surface area (Å²) < 4.78 is 2.34. The molecule has 9 rings (SSSR count). The van der Waals surface area contributed by atoms with Gasteiger partial charge in [-0.15, -0.1) is 29.3 Å². The molecule has 0 fully saturated rings. The number of aromatic hydroxyl groups is 1. The second-order valence-electron chi connectivity index (χ2n) is 22.0. The number of hydrogen-bond acceptors (Lipinski definition) is 3. The van der Waals surface area contributed by atoms with Gasteiger partial charge in [-0.3, -0.25) is 9.55 Å². The number of phenols is 1. The van der Waals surface area contributed by atoms with Crippen molar-refractivity contribution in [2.24, 2.45) is 0 Å². The Kier molecular flexibility index (Phi) is 13.9. The Bertz CT molecular complexity index is 3280. The van der Waals surface area contributed by atoms with E-state index in [-0.39, 0.29) is 54.9 Å². The molecule has 0 aliphatic rings. The van der Waals surface area contributed by atoms with Gasteiger partial charge in [-0.1, -0.05) is 209 Å². The Labute approximate surface area is 431 Å². The quantitative estimate of drug-likeness (QED) is 0.139. The van der Waals surface area contributed by atoms with Crippen LogP contribution in [0.25, 0.3) is 72.7 Å². The summed E-state index contributed by atoms with van der Waals surface area (Å²) in [6, 6.07) is 60.4. The third-order valence-electron chi connectivity index (χ3n) is 14.0. The van der Waals surface area contributed by atoms with Crippen LogP contribution in [0.4, 0.5) is 0 Å². The summed E-state index contributed by atoms with van der Waals surface area (Å²) in [4.78, 5) is 10.6. The van der Waals surface area contributed by atoms with Crippen LogP contribution in [0.15, 0.2) is 164 Å². The Morgan fingerprint density at radius 2 is 1.09 bits per heavy atom. The molecule has 2 aromatic heterocycles. The molecule has 0 radical (unpaired) electrons. The summed E-state index contributed by atoms with van der Waals surface area (Å²) in [7, 11) is 0. The molecular weight excluding hydrogens is 1030 g/mol. The number of imidazole rings is 1. The summed E-state index contributed by atoms with van der Waals surface area (Å²) in [6.07, 6.45) is 1.91. The third kappa shape index (κ3) is 9.61. The van der Waals surface area contributed by atoms with Gasteiger partial charge in [0.1, 0.15) is 11.6 Å². The van der Waals surface area contributed by atoms with Crippen molar-refractivity contribution < 1.29 is 26.2 Å². The molecule has 4 nitrogen and oxygen atoms in total. The van der Waals surface area contributed by atoms with Crippen molar-refractivity contribution in [3.63, 3.8) is 0 Å². The molecule has 7 aromatic carbocycles. The van der Waals surface area contributed by atoms with Gasteiger partial charge in [0.2, 0.25) is 0 Å². The van der Waals surface area contributed by atoms with Crippen LogP contribution in [-0.4, -0.2) is 19.6 Å². The molecule has 0 saturated heterocycles. The first-order valence-electron chi connectivity index (χ1n) is 24.6. The van der Waals surface area contributed by atoms with Crippen LogP contribution in [0.5, 0.6) is 5.75 Å². The van der Waals surface area contributed by atoms with E-state index in [0.29, 0.717) is 11.4 Å². The number of pyridine rings is 1. The Morgan fingerprint density at radius 3 is 1.70 bits per heavy atom. The smallest absolute Gasteiger partial charge is 0.148 e. The van der Waals surface area contributed by atoms with Crippen LogP contribution < -0.4 is 0 Å². The summed E-state index contributed by atoms with van der Waals surface area (Å²) >= 11 is 0. The molecular formula is C65H66N3OPt-. The number of para-hydroxylation sites is 2. The largest absolute Gasteiger partial charge is 0.507 e. The third-order valence-corrected chi connectivity index (χ3v) is 14.0. The first-order chi connectivity index (χ1) is 32.8. The van der Waals surface area contributed by atoms with Crippen molar-refractivity contribution in [2.75, 3.05) is 0 Å². The zero-order chi connectivity index (χ0) is 49.0. The summed E-state index contributed by atoms with van der Waals surface area (Å²) in [5, 5.41) is 12.3. The SMILES string of the molecule is CC(C)c1cc(-c2ccccc2)cc(C(C)C)c1-n1c(-c2cccc(C(C)(C)C)c2O)nc2c(-c3[c-]c(-c4cc(-c5ccc(C(C)(C)c6ccccc6)cc5)ccn4)cc(C(C)(C)C)c3)cccc21.[Pt]. The molecule has 0 atom stereocenters. The number of hydrogen-bond donors (Lipinski definition) is 1. The van der Waals surface area contributed by atoms with Gasteiger partial charge < -0.3 is 5.11 Å². The van der Waals surface area contributed by atoms with E-state index in [9.17, 15) is 5.11 Å². The summed E-state index contributed by atoms with van der Waals surface area (Å²) in [5.74, 6) is 1.33. The normalized spacial score (nSPS) is 12.2. The van der Waals surface area contributed by atoms with Crippen molar-refractivity contribution in [3.05, 3.63) is 203 Å². The maximum absolute atomic E-state index is 12.3. The van der Waals surface area contributed by atoms with Gasteiger partial charge in [0, 0.05) is 38.4 Å². The molecule has 0 aliphatic carbocycles. The average molecular weight is 1100 g/mol. The zero-order valence-corrected chi connectivity index (χ0v) is 45.1. The maximum atomic E-state index is 12.3. The fraction of sp³-hybridized carbons (Fsp3) is 0.262. The van der Waals surface area contributed by atoms with Gasteiger partial charge in [-0.05, 0) is 103 Å². The van der Waals surface area contributed by atoms with Gasteiger partial charge in [-0.2, -0.15) is 0 Å². The molecule has 0 saturated carbocycles. The van der Waals surface area contributed by atoms with Crippen molar-refractivity contribution in [1.29, 1.82) is 0 Å². The number of aromatic nitrogens is 3. The number of phenolic OH excluding ortho intramolecular Hbond substituents is 1. The summed E-state index contributed by atoms with van der Waals surface area (Å²) in [5.41, 5.74) is 18.4. The van der Waals surface area contributed by atoms with Gasteiger partial charge in [0.05, 0.1) is 22.3 Å². The minimum Gasteiger partial charge on any atom is -0.507 e. The molecule has 2 heterocycles. The molecule has 0 bridgehead atoms. The Morgan fingerprint density at radius 1 is 0.514 bits per heavy atom. The Balaban J connectivity index is 0.00000659. The predicted octanol–water partition coefficient (Wildman–Crippen LogP) is 17.4. The molecule has 0 aliphatic heterocycles. The van der Waals surface area contributed by atoms with E-state index in [4.69, 9.17) is 9.97 Å². The van der Waals surface area contributed by atoms with E-state index < -0.39 is 0 Å². The molecule has 358 valence electrons. The van der Waals surface area contributed by atoms with E-state index in [1.54, 1.807) is 0 Å². The first kappa shape index (κ1) is 50.0. The Hall–Kier alpha value is -6.35. The number of rotatable bonds is 10. The van der Waals surface area contributed by atoms with Crippen LogP contribution in [0.2, 0.25) is 0 Å². The second-order valence-corrected chi connectivity index (χ2v) is 22.0. The average Bonchev–Trinajstić information content (AvgIpc) is 3.72. The fourth-order valence-electron chi connectivity index (χ4n) is 9.81. The van der Waals surface area contributed by atoms with Crippen LogP contribution >= 0.6 is 0 Å². The minimum absolute atomic E-state index is 0. The molecule has 0 spiro atoms. The van der Waals surface area contributed by atoms with Gasteiger partial charge in [0.15, 0.2) is 0 Å². The van der Waals surface area contributed by atoms with Crippen LogP contribution in [0.3, 0.4) is 0 Å². The van der Waals surface area contributed by atoms with E-state index in [2.05, 4.69) is 239 Å². The minimum atomic E-state index is -0.293. The second kappa shape index (κ2) is 19.4. The van der Waals surface area contributed by atoms with E-state index >= 15 is 0 Å². The predicted molar refractivity (Wildman–Crippen MR) is 291 cm³/mol. The molecule has 70 heavy (non-hydrogen) atoms.